The summed E-state index contributed by atoms with van der Waals surface area (Å²) in [7, 11) is 0. The van der Waals surface area contributed by atoms with E-state index in [9.17, 15) is 19.2 Å². The lowest BCUT2D eigenvalue weighted by Crippen LogP contribution is -3.21. The van der Waals surface area contributed by atoms with Gasteiger partial charge in [-0.15, -0.1) is 5.01 Å². The second-order valence-corrected chi connectivity index (χ2v) is 2.73. The lowest BCUT2D eigenvalue weighted by atomic mass is 10.4. The number of rotatable bonds is 1. The van der Waals surface area contributed by atoms with Crippen LogP contribution < -0.4 is 22.8 Å². The van der Waals surface area contributed by atoms with Crippen molar-refractivity contribution in [3.63, 3.8) is 0 Å². The molecule has 84 valence electrons. The van der Waals surface area contributed by atoms with Gasteiger partial charge in [0.1, 0.15) is 0 Å². The van der Waals surface area contributed by atoms with Crippen LogP contribution in [0.3, 0.4) is 0 Å². The van der Waals surface area contributed by atoms with Gasteiger partial charge in [0.05, 0.1) is 12.8 Å². The second-order valence-electron chi connectivity index (χ2n) is 2.73. The molecule has 15 heavy (non-hydrogen) atoms. The minimum absolute atomic E-state index is 0. The number of quaternary nitrogens is 1. The van der Waals surface area contributed by atoms with E-state index in [0.29, 0.717) is 0 Å². The van der Waals surface area contributed by atoms with Crippen molar-refractivity contribution in [1.82, 2.24) is 5.43 Å². The lowest BCUT2D eigenvalue weighted by Gasteiger charge is -2.06. The van der Waals surface area contributed by atoms with E-state index < -0.39 is 23.9 Å². The van der Waals surface area contributed by atoms with Gasteiger partial charge >= 0.3 is 23.9 Å². The van der Waals surface area contributed by atoms with Crippen LogP contribution in [0, 0.1) is 0 Å². The highest BCUT2D eigenvalue weighted by Gasteiger charge is 2.38. The Bertz CT molecular complexity index is 301. The molecule has 0 bridgehead atoms. The van der Waals surface area contributed by atoms with E-state index in [1.807, 2.05) is 5.43 Å². The molecule has 1 aliphatic rings. The van der Waals surface area contributed by atoms with Gasteiger partial charge in [-0.1, -0.05) is 0 Å². The van der Waals surface area contributed by atoms with Crippen LogP contribution in [0.5, 0.6) is 0 Å². The molecule has 1 aliphatic heterocycles. The van der Waals surface area contributed by atoms with E-state index in [2.05, 4.69) is 4.74 Å². The van der Waals surface area contributed by atoms with Gasteiger partial charge in [0.25, 0.3) is 0 Å². The predicted octanol–water partition coefficient (Wildman–Crippen LogP) is -5.09. The average Bonchev–Trinajstić information content (AvgIpc) is 2.34. The molecule has 1 heterocycles. The maximum absolute atomic E-state index is 11.0. The van der Waals surface area contributed by atoms with Crippen LogP contribution in [-0.4, -0.2) is 23.9 Å². The van der Waals surface area contributed by atoms with E-state index in [1.165, 1.54) is 0 Å². The first kappa shape index (κ1) is 13.5. The Morgan fingerprint density at radius 3 is 2.13 bits per heavy atom. The summed E-state index contributed by atoms with van der Waals surface area (Å²) in [4.78, 5) is 43.1. The molecule has 0 atom stereocenters. The third-order valence-electron chi connectivity index (χ3n) is 1.60. The van der Waals surface area contributed by atoms with Gasteiger partial charge in [-0.2, -0.15) is 5.43 Å². The molecule has 1 saturated heterocycles. The summed E-state index contributed by atoms with van der Waals surface area (Å²) >= 11 is 0. The van der Waals surface area contributed by atoms with Crippen molar-refractivity contribution < 1.29 is 41.3 Å². The normalized spacial score (nSPS) is 15.8. The number of carbonyl (C=O) groups is 4. The van der Waals surface area contributed by atoms with Crippen LogP contribution in [0.15, 0.2) is 0 Å². The zero-order valence-electron chi connectivity index (χ0n) is 7.83. The molecule has 0 spiro atoms. The van der Waals surface area contributed by atoms with Crippen LogP contribution >= 0.6 is 0 Å². The van der Waals surface area contributed by atoms with E-state index in [0.717, 1.165) is 6.92 Å². The summed E-state index contributed by atoms with van der Waals surface area (Å²) in [6.45, 7) is 1.04. The smallest absolute Gasteiger partial charge is 0.460 e. The largest absolute Gasteiger partial charge is 1.00 e. The molecule has 0 aliphatic carbocycles. The van der Waals surface area contributed by atoms with Gasteiger partial charge in [0.2, 0.25) is 0 Å². The molecule has 0 saturated carbocycles. The van der Waals surface area contributed by atoms with E-state index in [4.69, 9.17) is 0 Å². The van der Waals surface area contributed by atoms with E-state index in [1.54, 1.807) is 0 Å². The maximum Gasteiger partial charge on any atom is 0.460 e. The van der Waals surface area contributed by atoms with Crippen molar-refractivity contribution in [3.8, 4) is 0 Å². The lowest BCUT2D eigenvalue weighted by molar-refractivity contribution is -0.773. The Morgan fingerprint density at radius 2 is 1.73 bits per heavy atom. The van der Waals surface area contributed by atoms with Gasteiger partial charge in [0, 0.05) is 6.92 Å². The number of imide groups is 1. The Labute approximate surface area is 91.1 Å². The van der Waals surface area contributed by atoms with Crippen LogP contribution in [0.2, 0.25) is 0 Å². The van der Waals surface area contributed by atoms with Gasteiger partial charge < -0.3 is 17.1 Å². The number of hydrogen-bond acceptors (Lipinski definition) is 5. The van der Waals surface area contributed by atoms with Crippen molar-refractivity contribution in [2.24, 2.45) is 0 Å². The first-order valence-electron chi connectivity index (χ1n) is 3.93. The Hall–Kier alpha value is -1.47. The maximum atomic E-state index is 11.0. The monoisotopic (exact) mass is 236 g/mol. The average molecular weight is 237 g/mol. The number of nitrogens with one attached hydrogen (secondary N) is 2. The van der Waals surface area contributed by atoms with Crippen molar-refractivity contribution in [2.45, 2.75) is 19.8 Å². The zero-order valence-corrected chi connectivity index (χ0v) is 8.59. The predicted molar refractivity (Wildman–Crippen MR) is 40.5 cm³/mol. The number of carbonyl (C=O) groups excluding carboxylic acids is 4. The highest BCUT2D eigenvalue weighted by atomic mass is 35.5. The van der Waals surface area contributed by atoms with E-state index >= 15 is 0 Å². The minimum atomic E-state index is -1.10. The van der Waals surface area contributed by atoms with Gasteiger partial charge in [-0.25, -0.2) is 14.4 Å². The van der Waals surface area contributed by atoms with Crippen LogP contribution in [0.1, 0.15) is 19.8 Å². The topological polar surface area (TPSA) is 94.0 Å². The van der Waals surface area contributed by atoms with Gasteiger partial charge in [-0.05, 0) is 0 Å². The SMILES string of the molecule is CC(=O)OC(=O)N[NH+]1C(=O)CCC1=O.[Cl-]. The standard InChI is InChI=1S/C7H8N2O5.ClH/c1-4(10)14-7(13)8-9-5(11)2-3-6(9)12;/h2-3H2,1H3,(H,8,13);1H. The summed E-state index contributed by atoms with van der Waals surface area (Å²) in [5, 5.41) is -0.295. The fourth-order valence-electron chi connectivity index (χ4n) is 1.03. The number of amides is 3. The van der Waals surface area contributed by atoms with Crippen molar-refractivity contribution >= 4 is 23.9 Å². The number of ether oxygens (including phenoxy) is 1. The Kier molecular flexibility index (Phi) is 4.89. The number of halogens is 1. The molecule has 0 aromatic carbocycles. The highest BCUT2D eigenvalue weighted by Crippen LogP contribution is 1.91. The molecule has 1 rings (SSSR count). The number of esters is 1. The molecule has 7 nitrogen and oxygen atoms in total. The first-order valence-corrected chi connectivity index (χ1v) is 3.93. The molecule has 0 aromatic heterocycles. The quantitative estimate of drug-likeness (QED) is 0.270. The third kappa shape index (κ3) is 3.64. The van der Waals surface area contributed by atoms with E-state index in [-0.39, 0.29) is 30.3 Å². The van der Waals surface area contributed by atoms with Crippen LogP contribution in [0.4, 0.5) is 4.79 Å². The summed E-state index contributed by atoms with van der Waals surface area (Å²) in [5.74, 6) is -1.67. The number of hydrogen-bond donors (Lipinski definition) is 2. The molecule has 1 fully saturated rings. The van der Waals surface area contributed by atoms with Crippen molar-refractivity contribution in [3.05, 3.63) is 0 Å². The zero-order chi connectivity index (χ0) is 10.7. The third-order valence-corrected chi connectivity index (χ3v) is 1.60. The minimum Gasteiger partial charge on any atom is -1.00 e. The molecule has 0 radical (unpaired) electrons. The molecular weight excluding hydrogens is 228 g/mol. The molecule has 0 unspecified atom stereocenters. The second kappa shape index (κ2) is 5.42. The fraction of sp³-hybridized carbons (Fsp3) is 0.429. The molecule has 8 heteroatoms. The Morgan fingerprint density at radius 1 is 1.27 bits per heavy atom. The molecule has 0 aromatic rings. The molecular formula is C7H9ClN2O5. The van der Waals surface area contributed by atoms with Crippen molar-refractivity contribution in [1.29, 1.82) is 0 Å². The van der Waals surface area contributed by atoms with Crippen LogP contribution in [-0.2, 0) is 19.1 Å². The van der Waals surface area contributed by atoms with Gasteiger partial charge in [-0.3, -0.25) is 4.79 Å². The Balaban J connectivity index is 0.00000196. The summed E-state index contributed by atoms with van der Waals surface area (Å²) < 4.78 is 4.09. The summed E-state index contributed by atoms with van der Waals surface area (Å²) in [5.41, 5.74) is 1.95. The van der Waals surface area contributed by atoms with Gasteiger partial charge in [0.15, 0.2) is 0 Å². The molecule has 3 amide bonds. The summed E-state index contributed by atoms with van der Waals surface area (Å²) in [6, 6.07) is 0. The summed E-state index contributed by atoms with van der Waals surface area (Å²) in [6.07, 6.45) is -0.917. The fourth-order valence-corrected chi connectivity index (χ4v) is 1.03. The highest BCUT2D eigenvalue weighted by molar-refractivity contribution is 5.90. The van der Waals surface area contributed by atoms with Crippen LogP contribution in [0.25, 0.3) is 0 Å². The first-order chi connectivity index (χ1) is 6.50. The molecule has 2 N–H and O–H groups in total. The van der Waals surface area contributed by atoms with Crippen molar-refractivity contribution in [2.75, 3.05) is 0 Å².